The van der Waals surface area contributed by atoms with Crippen molar-refractivity contribution < 1.29 is 14.3 Å². The van der Waals surface area contributed by atoms with Gasteiger partial charge in [0.05, 0.1) is 0 Å². The SMILES string of the molecule is CC(C)N(Cc1ccccc1)c1nccc(C(=O)Nc2ccc3c(c2)OCO3)n1. The zero-order valence-corrected chi connectivity index (χ0v) is 16.3. The van der Waals surface area contributed by atoms with Gasteiger partial charge in [0, 0.05) is 30.5 Å². The number of rotatable bonds is 6. The van der Waals surface area contributed by atoms with Crippen LogP contribution in [0.2, 0.25) is 0 Å². The molecule has 0 aliphatic carbocycles. The fourth-order valence-corrected chi connectivity index (χ4v) is 3.05. The molecule has 3 aromatic rings. The second-order valence-corrected chi connectivity index (χ2v) is 6.97. The van der Waals surface area contributed by atoms with E-state index < -0.39 is 0 Å². The Morgan fingerprint density at radius 2 is 1.90 bits per heavy atom. The van der Waals surface area contributed by atoms with E-state index in [1.54, 1.807) is 30.5 Å². The quantitative estimate of drug-likeness (QED) is 0.688. The number of carbonyl (C=O) groups is 1. The Balaban J connectivity index is 1.53. The molecule has 0 saturated carbocycles. The van der Waals surface area contributed by atoms with Crippen LogP contribution in [0.4, 0.5) is 11.6 Å². The number of carbonyl (C=O) groups excluding carboxylic acids is 1. The van der Waals surface area contributed by atoms with Crippen LogP contribution in [0.25, 0.3) is 0 Å². The average molecular weight is 390 g/mol. The molecule has 0 unspecified atom stereocenters. The smallest absolute Gasteiger partial charge is 0.274 e. The highest BCUT2D eigenvalue weighted by Gasteiger charge is 2.18. The van der Waals surface area contributed by atoms with Gasteiger partial charge >= 0.3 is 0 Å². The minimum Gasteiger partial charge on any atom is -0.454 e. The number of nitrogens with zero attached hydrogens (tertiary/aromatic N) is 3. The Kier molecular flexibility index (Phi) is 5.29. The maximum Gasteiger partial charge on any atom is 0.274 e. The fourth-order valence-electron chi connectivity index (χ4n) is 3.05. The van der Waals surface area contributed by atoms with E-state index in [0.717, 1.165) is 5.56 Å². The number of hydrogen-bond donors (Lipinski definition) is 1. The largest absolute Gasteiger partial charge is 0.454 e. The lowest BCUT2D eigenvalue weighted by atomic mass is 10.2. The van der Waals surface area contributed by atoms with Gasteiger partial charge in [0.1, 0.15) is 5.69 Å². The lowest BCUT2D eigenvalue weighted by Crippen LogP contribution is -2.32. The van der Waals surface area contributed by atoms with E-state index >= 15 is 0 Å². The summed E-state index contributed by atoms with van der Waals surface area (Å²) in [6.07, 6.45) is 1.61. The Morgan fingerprint density at radius 3 is 2.69 bits per heavy atom. The molecular formula is C22H22N4O3. The number of anilines is 2. The van der Waals surface area contributed by atoms with Crippen molar-refractivity contribution in [3.05, 3.63) is 72.1 Å². The monoisotopic (exact) mass is 390 g/mol. The molecule has 4 rings (SSSR count). The molecule has 0 bridgehead atoms. The highest BCUT2D eigenvalue weighted by molar-refractivity contribution is 6.03. The average Bonchev–Trinajstić information content (AvgIpc) is 3.20. The van der Waals surface area contributed by atoms with Gasteiger partial charge in [-0.25, -0.2) is 9.97 Å². The Bertz CT molecular complexity index is 1010. The van der Waals surface area contributed by atoms with Crippen molar-refractivity contribution in [1.82, 2.24) is 9.97 Å². The van der Waals surface area contributed by atoms with Crippen LogP contribution in [0.3, 0.4) is 0 Å². The third kappa shape index (κ3) is 4.29. The normalized spacial score (nSPS) is 12.1. The van der Waals surface area contributed by atoms with Gasteiger partial charge in [-0.15, -0.1) is 0 Å². The highest BCUT2D eigenvalue weighted by Crippen LogP contribution is 2.34. The summed E-state index contributed by atoms with van der Waals surface area (Å²) in [7, 11) is 0. The molecule has 1 amide bonds. The Labute approximate surface area is 169 Å². The van der Waals surface area contributed by atoms with Gasteiger partial charge in [0.25, 0.3) is 5.91 Å². The molecule has 0 spiro atoms. The standard InChI is InChI=1S/C22H22N4O3/c1-15(2)26(13-16-6-4-3-5-7-16)22-23-11-10-18(25-22)21(27)24-17-8-9-19-20(12-17)29-14-28-19/h3-12,15H,13-14H2,1-2H3,(H,24,27). The molecule has 0 atom stereocenters. The van der Waals surface area contributed by atoms with Gasteiger partial charge in [-0.3, -0.25) is 4.79 Å². The van der Waals surface area contributed by atoms with Crippen LogP contribution in [0.1, 0.15) is 29.9 Å². The second-order valence-electron chi connectivity index (χ2n) is 6.97. The van der Waals surface area contributed by atoms with Crippen molar-refractivity contribution in [3.8, 4) is 11.5 Å². The van der Waals surface area contributed by atoms with Gasteiger partial charge in [-0.05, 0) is 37.6 Å². The van der Waals surface area contributed by atoms with Crippen molar-refractivity contribution in [1.29, 1.82) is 0 Å². The van der Waals surface area contributed by atoms with E-state index in [0.29, 0.717) is 35.4 Å². The van der Waals surface area contributed by atoms with Crippen LogP contribution in [0.15, 0.2) is 60.8 Å². The van der Waals surface area contributed by atoms with Crippen molar-refractivity contribution >= 4 is 17.5 Å². The third-order valence-electron chi connectivity index (χ3n) is 4.58. The molecule has 0 saturated heterocycles. The number of amides is 1. The Morgan fingerprint density at radius 1 is 1.10 bits per heavy atom. The summed E-state index contributed by atoms with van der Waals surface area (Å²) in [4.78, 5) is 23.7. The summed E-state index contributed by atoms with van der Waals surface area (Å²) in [6.45, 7) is 5.00. The van der Waals surface area contributed by atoms with E-state index in [1.165, 1.54) is 0 Å². The van der Waals surface area contributed by atoms with Gasteiger partial charge in [0.15, 0.2) is 11.5 Å². The molecule has 1 N–H and O–H groups in total. The molecule has 0 fully saturated rings. The number of aromatic nitrogens is 2. The summed E-state index contributed by atoms with van der Waals surface area (Å²) >= 11 is 0. The van der Waals surface area contributed by atoms with Gasteiger partial charge < -0.3 is 19.7 Å². The van der Waals surface area contributed by atoms with Gasteiger partial charge in [-0.2, -0.15) is 0 Å². The van der Waals surface area contributed by atoms with Crippen LogP contribution in [-0.4, -0.2) is 28.7 Å². The first-order valence-corrected chi connectivity index (χ1v) is 9.45. The molecule has 7 heteroatoms. The van der Waals surface area contributed by atoms with Crippen molar-refractivity contribution in [2.24, 2.45) is 0 Å². The first kappa shape index (κ1) is 18.7. The highest BCUT2D eigenvalue weighted by atomic mass is 16.7. The van der Waals surface area contributed by atoms with Crippen LogP contribution in [0.5, 0.6) is 11.5 Å². The van der Waals surface area contributed by atoms with Crippen LogP contribution in [-0.2, 0) is 6.54 Å². The minimum absolute atomic E-state index is 0.169. The van der Waals surface area contributed by atoms with E-state index in [4.69, 9.17) is 9.47 Å². The molecule has 2 heterocycles. The molecule has 1 aromatic heterocycles. The van der Waals surface area contributed by atoms with Crippen molar-refractivity contribution in [2.75, 3.05) is 17.0 Å². The summed E-state index contributed by atoms with van der Waals surface area (Å²) in [5, 5.41) is 2.85. The predicted octanol–water partition coefficient (Wildman–Crippen LogP) is 3.87. The third-order valence-corrected chi connectivity index (χ3v) is 4.58. The van der Waals surface area contributed by atoms with E-state index in [-0.39, 0.29) is 18.7 Å². The fraction of sp³-hybridized carbons (Fsp3) is 0.227. The second kappa shape index (κ2) is 8.18. The first-order valence-electron chi connectivity index (χ1n) is 9.45. The number of fused-ring (bicyclic) bond motifs is 1. The lowest BCUT2D eigenvalue weighted by Gasteiger charge is -2.27. The number of nitrogens with one attached hydrogen (secondary N) is 1. The zero-order chi connectivity index (χ0) is 20.2. The van der Waals surface area contributed by atoms with Crippen LogP contribution in [0, 0.1) is 0 Å². The number of ether oxygens (including phenoxy) is 2. The van der Waals surface area contributed by atoms with Gasteiger partial charge in [-0.1, -0.05) is 30.3 Å². The minimum atomic E-state index is -0.309. The van der Waals surface area contributed by atoms with E-state index in [1.807, 2.05) is 18.2 Å². The topological polar surface area (TPSA) is 76.6 Å². The van der Waals surface area contributed by atoms with Crippen LogP contribution >= 0.6 is 0 Å². The maximum atomic E-state index is 12.7. The van der Waals surface area contributed by atoms with Crippen LogP contribution < -0.4 is 19.7 Å². The first-order chi connectivity index (χ1) is 14.1. The maximum absolute atomic E-state index is 12.7. The Hall–Kier alpha value is -3.61. The predicted molar refractivity (Wildman–Crippen MR) is 110 cm³/mol. The summed E-state index contributed by atoms with van der Waals surface area (Å²) in [5.74, 6) is 1.49. The van der Waals surface area contributed by atoms with E-state index in [2.05, 4.69) is 46.2 Å². The summed E-state index contributed by atoms with van der Waals surface area (Å²) in [5.41, 5.74) is 2.07. The zero-order valence-electron chi connectivity index (χ0n) is 16.3. The molecule has 2 aromatic carbocycles. The summed E-state index contributed by atoms with van der Waals surface area (Å²) in [6, 6.07) is 17.2. The number of benzene rings is 2. The number of hydrogen-bond acceptors (Lipinski definition) is 6. The molecule has 29 heavy (non-hydrogen) atoms. The lowest BCUT2D eigenvalue weighted by molar-refractivity contribution is 0.102. The van der Waals surface area contributed by atoms with Crippen molar-refractivity contribution in [3.63, 3.8) is 0 Å². The molecule has 1 aliphatic heterocycles. The van der Waals surface area contributed by atoms with E-state index in [9.17, 15) is 4.79 Å². The van der Waals surface area contributed by atoms with Crippen molar-refractivity contribution in [2.45, 2.75) is 26.4 Å². The molecular weight excluding hydrogens is 368 g/mol. The molecule has 148 valence electrons. The molecule has 7 nitrogen and oxygen atoms in total. The molecule has 1 aliphatic rings. The summed E-state index contributed by atoms with van der Waals surface area (Å²) < 4.78 is 10.6. The van der Waals surface area contributed by atoms with Gasteiger partial charge in [0.2, 0.25) is 12.7 Å². The molecule has 0 radical (unpaired) electrons.